The molecule has 1 aromatic carbocycles. The molecule has 104 valence electrons. The molecule has 2 rings (SSSR count). The van der Waals surface area contributed by atoms with Gasteiger partial charge in [0.2, 0.25) is 0 Å². The summed E-state index contributed by atoms with van der Waals surface area (Å²) in [4.78, 5) is 10.4. The van der Waals surface area contributed by atoms with Crippen LogP contribution in [0.2, 0.25) is 0 Å². The second kappa shape index (κ2) is 5.25. The molecular weight excluding hydrogens is 247 g/mol. The van der Waals surface area contributed by atoms with E-state index < -0.39 is 10.7 Å². The first-order valence-corrected chi connectivity index (χ1v) is 6.54. The Labute approximate surface area is 112 Å². The molecule has 5 heteroatoms. The van der Waals surface area contributed by atoms with E-state index in [9.17, 15) is 14.5 Å². The van der Waals surface area contributed by atoms with Crippen molar-refractivity contribution in [3.05, 3.63) is 39.7 Å². The summed E-state index contributed by atoms with van der Waals surface area (Å²) < 4.78 is 13.2. The lowest BCUT2D eigenvalue weighted by atomic mass is 9.92. The highest BCUT2D eigenvalue weighted by Gasteiger charge is 2.30. The minimum atomic E-state index is -0.463. The zero-order valence-electron chi connectivity index (χ0n) is 11.3. The van der Waals surface area contributed by atoms with Gasteiger partial charge in [-0.2, -0.15) is 0 Å². The van der Waals surface area contributed by atoms with Crippen molar-refractivity contribution in [1.29, 1.82) is 0 Å². The number of nitro groups is 1. The van der Waals surface area contributed by atoms with Gasteiger partial charge in [-0.15, -0.1) is 0 Å². The average molecular weight is 266 g/mol. The van der Waals surface area contributed by atoms with Crippen LogP contribution in [0.3, 0.4) is 0 Å². The van der Waals surface area contributed by atoms with Crippen molar-refractivity contribution in [1.82, 2.24) is 5.32 Å². The van der Waals surface area contributed by atoms with Crippen LogP contribution in [-0.4, -0.2) is 11.0 Å². The van der Waals surface area contributed by atoms with Crippen molar-refractivity contribution in [2.45, 2.75) is 45.7 Å². The molecule has 0 bridgehead atoms. The number of nitrogens with zero attached hydrogens (tertiary/aromatic N) is 1. The van der Waals surface area contributed by atoms with Gasteiger partial charge in [-0.1, -0.05) is 13.8 Å². The molecule has 4 nitrogen and oxygen atoms in total. The van der Waals surface area contributed by atoms with Crippen molar-refractivity contribution < 1.29 is 9.31 Å². The molecule has 1 unspecified atom stereocenters. The predicted molar refractivity (Wildman–Crippen MR) is 71.3 cm³/mol. The zero-order chi connectivity index (χ0) is 14.0. The second-order valence-electron chi connectivity index (χ2n) is 6.01. The lowest BCUT2D eigenvalue weighted by Gasteiger charge is -2.17. The van der Waals surface area contributed by atoms with E-state index in [2.05, 4.69) is 19.2 Å². The summed E-state index contributed by atoms with van der Waals surface area (Å²) in [6.07, 6.45) is 3.27. The molecule has 1 N–H and O–H groups in total. The topological polar surface area (TPSA) is 55.2 Å². The van der Waals surface area contributed by atoms with Crippen molar-refractivity contribution in [2.24, 2.45) is 5.41 Å². The molecule has 0 radical (unpaired) electrons. The largest absolute Gasteiger partial charge is 0.310 e. The van der Waals surface area contributed by atoms with E-state index in [4.69, 9.17) is 0 Å². The fourth-order valence-electron chi connectivity index (χ4n) is 2.74. The van der Waals surface area contributed by atoms with Gasteiger partial charge in [0.05, 0.1) is 4.92 Å². The monoisotopic (exact) mass is 266 g/mol. The number of benzene rings is 1. The van der Waals surface area contributed by atoms with Gasteiger partial charge in [0.1, 0.15) is 5.82 Å². The van der Waals surface area contributed by atoms with E-state index in [-0.39, 0.29) is 5.69 Å². The molecule has 1 fully saturated rings. The van der Waals surface area contributed by atoms with Crippen LogP contribution in [0.25, 0.3) is 0 Å². The molecule has 1 aliphatic rings. The van der Waals surface area contributed by atoms with Gasteiger partial charge in [-0.3, -0.25) is 10.1 Å². The lowest BCUT2D eigenvalue weighted by Crippen LogP contribution is -2.27. The summed E-state index contributed by atoms with van der Waals surface area (Å²) >= 11 is 0. The van der Waals surface area contributed by atoms with Gasteiger partial charge in [-0.25, -0.2) is 4.39 Å². The van der Waals surface area contributed by atoms with E-state index in [1.807, 2.05) is 0 Å². The third-order valence-corrected chi connectivity index (χ3v) is 3.79. The van der Waals surface area contributed by atoms with Gasteiger partial charge in [0.15, 0.2) is 0 Å². The number of halogens is 1. The normalized spacial score (nSPS) is 21.5. The third kappa shape index (κ3) is 3.50. The third-order valence-electron chi connectivity index (χ3n) is 3.79. The van der Waals surface area contributed by atoms with E-state index in [0.717, 1.165) is 25.3 Å². The van der Waals surface area contributed by atoms with Crippen molar-refractivity contribution >= 4 is 5.69 Å². The molecule has 1 aromatic rings. The molecule has 0 saturated heterocycles. The fraction of sp³-hybridized carbons (Fsp3) is 0.571. The number of hydrogen-bond acceptors (Lipinski definition) is 3. The molecule has 1 saturated carbocycles. The Bertz CT molecular complexity index is 488. The molecule has 0 spiro atoms. The fourth-order valence-corrected chi connectivity index (χ4v) is 2.74. The summed E-state index contributed by atoms with van der Waals surface area (Å²) in [7, 11) is 0. The quantitative estimate of drug-likeness (QED) is 0.671. The van der Waals surface area contributed by atoms with Crippen LogP contribution in [0.1, 0.15) is 38.7 Å². The highest BCUT2D eigenvalue weighted by molar-refractivity contribution is 5.40. The van der Waals surface area contributed by atoms with Crippen LogP contribution in [-0.2, 0) is 6.54 Å². The van der Waals surface area contributed by atoms with E-state index >= 15 is 0 Å². The molecule has 1 atom stereocenters. The Morgan fingerprint density at radius 1 is 1.53 bits per heavy atom. The van der Waals surface area contributed by atoms with Gasteiger partial charge >= 0.3 is 0 Å². The standard InChI is InChI=1S/C14H19FN2O2/c1-14(2)6-5-12(8-14)16-9-10-7-11(15)3-4-13(10)17(18)19/h3-4,7,12,16H,5-6,8-9H2,1-2H3. The first kappa shape index (κ1) is 13.9. The Morgan fingerprint density at radius 3 is 2.84 bits per heavy atom. The Morgan fingerprint density at radius 2 is 2.26 bits per heavy atom. The summed E-state index contributed by atoms with van der Waals surface area (Å²) in [5, 5.41) is 14.2. The van der Waals surface area contributed by atoms with Crippen molar-refractivity contribution in [2.75, 3.05) is 0 Å². The van der Waals surface area contributed by atoms with Crippen molar-refractivity contribution in [3.8, 4) is 0 Å². The number of hydrogen-bond donors (Lipinski definition) is 1. The van der Waals surface area contributed by atoms with Gasteiger partial charge < -0.3 is 5.32 Å². The molecular formula is C14H19FN2O2. The second-order valence-corrected chi connectivity index (χ2v) is 6.01. The molecule has 0 aromatic heterocycles. The molecule has 19 heavy (non-hydrogen) atoms. The van der Waals surface area contributed by atoms with Crippen molar-refractivity contribution in [3.63, 3.8) is 0 Å². The Hall–Kier alpha value is -1.49. The van der Waals surface area contributed by atoms with Crippen LogP contribution >= 0.6 is 0 Å². The summed E-state index contributed by atoms with van der Waals surface area (Å²) in [6.45, 7) is 4.79. The first-order chi connectivity index (χ1) is 8.87. The van der Waals surface area contributed by atoms with E-state index in [1.54, 1.807) is 0 Å². The zero-order valence-corrected chi connectivity index (χ0v) is 11.3. The van der Waals surface area contributed by atoms with Crippen LogP contribution in [0.15, 0.2) is 18.2 Å². The van der Waals surface area contributed by atoms with Gasteiger partial charge in [0, 0.05) is 24.2 Å². The maximum Gasteiger partial charge on any atom is 0.274 e. The van der Waals surface area contributed by atoms with Crippen LogP contribution in [0.5, 0.6) is 0 Å². The Balaban J connectivity index is 2.03. The minimum absolute atomic E-state index is 0.0221. The number of nitro benzene ring substituents is 1. The summed E-state index contributed by atoms with van der Waals surface area (Å²) in [5.41, 5.74) is 0.715. The van der Waals surface area contributed by atoms with Crippen LogP contribution in [0, 0.1) is 21.3 Å². The van der Waals surface area contributed by atoms with Gasteiger partial charge in [0.25, 0.3) is 5.69 Å². The molecule has 1 aliphatic carbocycles. The minimum Gasteiger partial charge on any atom is -0.310 e. The molecule has 0 heterocycles. The number of rotatable bonds is 4. The summed E-state index contributed by atoms with van der Waals surface area (Å²) in [6, 6.07) is 3.95. The average Bonchev–Trinajstić information content (AvgIpc) is 2.66. The smallest absolute Gasteiger partial charge is 0.274 e. The maximum atomic E-state index is 13.2. The predicted octanol–water partition coefficient (Wildman–Crippen LogP) is 3.40. The Kier molecular flexibility index (Phi) is 3.85. The SMILES string of the molecule is CC1(C)CCC(NCc2cc(F)ccc2[N+](=O)[O-])C1. The number of nitrogens with one attached hydrogen (secondary N) is 1. The first-order valence-electron chi connectivity index (χ1n) is 6.54. The lowest BCUT2D eigenvalue weighted by molar-refractivity contribution is -0.385. The van der Waals surface area contributed by atoms with E-state index in [0.29, 0.717) is 23.6 Å². The highest BCUT2D eigenvalue weighted by Crippen LogP contribution is 2.37. The molecule has 0 amide bonds. The molecule has 0 aliphatic heterocycles. The van der Waals surface area contributed by atoms with E-state index in [1.165, 1.54) is 12.1 Å². The van der Waals surface area contributed by atoms with Gasteiger partial charge in [-0.05, 0) is 36.8 Å². The van der Waals surface area contributed by atoms with Crippen LogP contribution in [0.4, 0.5) is 10.1 Å². The maximum absolute atomic E-state index is 13.2. The van der Waals surface area contributed by atoms with Crippen LogP contribution < -0.4 is 5.32 Å². The summed E-state index contributed by atoms with van der Waals surface area (Å²) in [5.74, 6) is -0.436. The highest BCUT2D eigenvalue weighted by atomic mass is 19.1.